The average molecular weight is 450 g/mol. The minimum Gasteiger partial charge on any atom is -0.497 e. The molecular weight excluding hydrogens is 418 g/mol. The van der Waals surface area contributed by atoms with E-state index in [4.69, 9.17) is 4.74 Å². The van der Waals surface area contributed by atoms with Gasteiger partial charge >= 0.3 is 0 Å². The Morgan fingerprint density at radius 3 is 2.88 bits per heavy atom. The van der Waals surface area contributed by atoms with Crippen molar-refractivity contribution in [3.8, 4) is 11.4 Å². The van der Waals surface area contributed by atoms with Crippen molar-refractivity contribution in [2.75, 3.05) is 37.4 Å². The maximum Gasteiger partial charge on any atom is 0.229 e. The molecule has 33 heavy (non-hydrogen) atoms. The lowest BCUT2D eigenvalue weighted by Gasteiger charge is -2.44. The van der Waals surface area contributed by atoms with E-state index in [1.54, 1.807) is 18.0 Å². The maximum atomic E-state index is 5.46. The van der Waals surface area contributed by atoms with Gasteiger partial charge in [0.1, 0.15) is 11.6 Å². The number of piperidine rings is 2. The molecule has 174 valence electrons. The molecule has 0 saturated carbocycles. The Balaban J connectivity index is 1.28. The molecule has 0 amide bonds. The summed E-state index contributed by atoms with van der Waals surface area (Å²) in [4.78, 5) is 11.8. The molecule has 0 aliphatic carbocycles. The summed E-state index contributed by atoms with van der Waals surface area (Å²) in [5.41, 5.74) is 1.59. The predicted octanol–water partition coefficient (Wildman–Crippen LogP) is 3.19. The Morgan fingerprint density at radius 1 is 1.12 bits per heavy atom. The number of aromatic nitrogens is 6. The quantitative estimate of drug-likeness (QED) is 0.562. The van der Waals surface area contributed by atoms with E-state index >= 15 is 0 Å². The highest BCUT2D eigenvalue weighted by Crippen LogP contribution is 2.31. The van der Waals surface area contributed by atoms with Gasteiger partial charge in [-0.1, -0.05) is 6.42 Å². The largest absolute Gasteiger partial charge is 0.497 e. The zero-order chi connectivity index (χ0) is 22.6. The summed E-state index contributed by atoms with van der Waals surface area (Å²) in [6.45, 7) is 5.31. The van der Waals surface area contributed by atoms with Crippen LogP contribution in [0.4, 0.5) is 17.5 Å². The van der Waals surface area contributed by atoms with Gasteiger partial charge in [0.15, 0.2) is 5.82 Å². The van der Waals surface area contributed by atoms with Crippen LogP contribution < -0.4 is 15.4 Å². The first-order chi connectivity index (χ1) is 16.2. The van der Waals surface area contributed by atoms with Gasteiger partial charge in [0.05, 0.1) is 12.8 Å². The number of hydrogen-bond donors (Lipinski definition) is 2. The number of hydrogen-bond acceptors (Lipinski definition) is 9. The van der Waals surface area contributed by atoms with E-state index in [0.29, 0.717) is 29.5 Å². The van der Waals surface area contributed by atoms with Crippen molar-refractivity contribution in [3.63, 3.8) is 0 Å². The highest BCUT2D eigenvalue weighted by molar-refractivity contribution is 5.61. The third kappa shape index (κ3) is 4.90. The van der Waals surface area contributed by atoms with Gasteiger partial charge in [0, 0.05) is 36.6 Å². The fourth-order valence-electron chi connectivity index (χ4n) is 5.06. The lowest BCUT2D eigenvalue weighted by molar-refractivity contribution is 0.0649. The van der Waals surface area contributed by atoms with Gasteiger partial charge in [-0.15, -0.1) is 5.10 Å². The standard InChI is InChI=1S/C23H31N9O/c1-16-28-29-30-32(16)19-12-18(13-20(14-19)33-2)26-23-24-9-8-22(27-23)25-15-17-6-5-11-31-10-4-3-7-21(17)31/h8-9,12-14,17,21H,3-7,10-11,15H2,1-2H3,(H2,24,25,26,27). The summed E-state index contributed by atoms with van der Waals surface area (Å²) in [5.74, 6) is 3.41. The molecule has 2 saturated heterocycles. The number of aryl methyl sites for hydroxylation is 1. The second-order valence-corrected chi connectivity index (χ2v) is 8.83. The summed E-state index contributed by atoms with van der Waals surface area (Å²) in [6, 6.07) is 8.35. The maximum absolute atomic E-state index is 5.46. The number of nitrogens with one attached hydrogen (secondary N) is 2. The number of ether oxygens (including phenoxy) is 1. The van der Waals surface area contributed by atoms with Crippen LogP contribution >= 0.6 is 0 Å². The van der Waals surface area contributed by atoms with E-state index in [1.165, 1.54) is 45.2 Å². The number of nitrogens with zero attached hydrogens (tertiary/aromatic N) is 7. The van der Waals surface area contributed by atoms with Gasteiger partial charge in [-0.05, 0) is 74.2 Å². The van der Waals surface area contributed by atoms with Crippen molar-refractivity contribution in [1.29, 1.82) is 0 Å². The van der Waals surface area contributed by atoms with Crippen LogP contribution in [0.15, 0.2) is 30.5 Å². The van der Waals surface area contributed by atoms with Gasteiger partial charge in [-0.3, -0.25) is 0 Å². The number of methoxy groups -OCH3 is 1. The molecule has 0 radical (unpaired) electrons. The van der Waals surface area contributed by atoms with Crippen molar-refractivity contribution < 1.29 is 4.74 Å². The first-order valence-corrected chi connectivity index (χ1v) is 11.7. The molecular formula is C23H31N9O. The summed E-state index contributed by atoms with van der Waals surface area (Å²) >= 11 is 0. The number of benzene rings is 1. The zero-order valence-corrected chi connectivity index (χ0v) is 19.2. The lowest BCUT2D eigenvalue weighted by atomic mass is 9.83. The first kappa shape index (κ1) is 21.6. The fourth-order valence-corrected chi connectivity index (χ4v) is 5.06. The Hall–Kier alpha value is -3.27. The second kappa shape index (κ2) is 9.70. The molecule has 4 heterocycles. The molecule has 0 spiro atoms. The number of fused-ring (bicyclic) bond motifs is 1. The van der Waals surface area contributed by atoms with Crippen LogP contribution in [-0.2, 0) is 0 Å². The van der Waals surface area contributed by atoms with E-state index in [9.17, 15) is 0 Å². The molecule has 10 nitrogen and oxygen atoms in total. The average Bonchev–Trinajstić information content (AvgIpc) is 3.28. The second-order valence-electron chi connectivity index (χ2n) is 8.83. The van der Waals surface area contributed by atoms with Gasteiger partial charge in [-0.2, -0.15) is 9.67 Å². The van der Waals surface area contributed by atoms with E-state index < -0.39 is 0 Å². The molecule has 2 aromatic heterocycles. The minimum absolute atomic E-state index is 0.524. The van der Waals surface area contributed by atoms with Crippen LogP contribution in [0.5, 0.6) is 5.75 Å². The molecule has 0 bridgehead atoms. The van der Waals surface area contributed by atoms with E-state index in [1.807, 2.05) is 31.2 Å². The topological polar surface area (TPSA) is 106 Å². The van der Waals surface area contributed by atoms with Gasteiger partial charge in [0.2, 0.25) is 5.95 Å². The summed E-state index contributed by atoms with van der Waals surface area (Å²) in [5, 5.41) is 18.6. The Morgan fingerprint density at radius 2 is 2.03 bits per heavy atom. The molecule has 10 heteroatoms. The smallest absolute Gasteiger partial charge is 0.229 e. The van der Waals surface area contributed by atoms with Crippen molar-refractivity contribution in [1.82, 2.24) is 35.1 Å². The van der Waals surface area contributed by atoms with E-state index in [0.717, 1.165) is 23.7 Å². The number of rotatable bonds is 7. The monoisotopic (exact) mass is 449 g/mol. The Kier molecular flexibility index (Phi) is 6.34. The predicted molar refractivity (Wildman–Crippen MR) is 126 cm³/mol. The zero-order valence-electron chi connectivity index (χ0n) is 19.2. The highest BCUT2D eigenvalue weighted by Gasteiger charge is 2.32. The molecule has 2 fully saturated rings. The first-order valence-electron chi connectivity index (χ1n) is 11.7. The fraction of sp³-hybridized carbons (Fsp3) is 0.522. The van der Waals surface area contributed by atoms with Crippen molar-refractivity contribution >= 4 is 17.5 Å². The third-order valence-electron chi connectivity index (χ3n) is 6.68. The van der Waals surface area contributed by atoms with Crippen LogP contribution in [-0.4, -0.2) is 67.9 Å². The molecule has 1 aromatic carbocycles. The SMILES string of the molecule is COc1cc(Nc2nccc(NCC3CCCN4CCCCC34)n2)cc(-n2nnnc2C)c1. The molecule has 5 rings (SSSR count). The lowest BCUT2D eigenvalue weighted by Crippen LogP contribution is -2.49. The van der Waals surface area contributed by atoms with Crippen LogP contribution in [0.2, 0.25) is 0 Å². The van der Waals surface area contributed by atoms with Gasteiger partial charge in [0.25, 0.3) is 0 Å². The van der Waals surface area contributed by atoms with Crippen molar-refractivity contribution in [2.24, 2.45) is 5.92 Å². The minimum atomic E-state index is 0.524. The molecule has 2 N–H and O–H groups in total. The summed E-state index contributed by atoms with van der Waals surface area (Å²) in [6.07, 6.45) is 8.37. The van der Waals surface area contributed by atoms with E-state index in [2.05, 4.69) is 41.0 Å². The van der Waals surface area contributed by atoms with Crippen LogP contribution in [0.25, 0.3) is 5.69 Å². The Labute approximate surface area is 193 Å². The van der Waals surface area contributed by atoms with Crippen molar-refractivity contribution in [3.05, 3.63) is 36.3 Å². The summed E-state index contributed by atoms with van der Waals surface area (Å²) < 4.78 is 7.12. The molecule has 2 atom stereocenters. The molecule has 2 aliphatic rings. The summed E-state index contributed by atoms with van der Waals surface area (Å²) in [7, 11) is 1.63. The number of tetrazole rings is 1. The third-order valence-corrected chi connectivity index (χ3v) is 6.68. The Bertz CT molecular complexity index is 1080. The van der Waals surface area contributed by atoms with Crippen LogP contribution in [0.1, 0.15) is 37.9 Å². The highest BCUT2D eigenvalue weighted by atomic mass is 16.5. The molecule has 2 aliphatic heterocycles. The van der Waals surface area contributed by atoms with Crippen LogP contribution in [0.3, 0.4) is 0 Å². The van der Waals surface area contributed by atoms with Crippen LogP contribution in [0, 0.1) is 12.8 Å². The number of anilines is 3. The van der Waals surface area contributed by atoms with Gasteiger partial charge < -0.3 is 20.3 Å². The molecule has 3 aromatic rings. The van der Waals surface area contributed by atoms with E-state index in [-0.39, 0.29) is 0 Å². The molecule has 2 unspecified atom stereocenters. The van der Waals surface area contributed by atoms with Crippen molar-refractivity contribution in [2.45, 2.75) is 45.1 Å². The van der Waals surface area contributed by atoms with Gasteiger partial charge in [-0.25, -0.2) is 4.98 Å². The normalized spacial score (nSPS) is 20.8.